The van der Waals surface area contributed by atoms with E-state index >= 15 is 0 Å². The largest absolute Gasteiger partial charge is 0.383 e. The highest BCUT2D eigenvalue weighted by Crippen LogP contribution is 2.32. The highest BCUT2D eigenvalue weighted by molar-refractivity contribution is 6.34. The van der Waals surface area contributed by atoms with Crippen LogP contribution in [0.25, 0.3) is 0 Å². The number of nitrogens with zero attached hydrogens (tertiary/aromatic N) is 2. The van der Waals surface area contributed by atoms with E-state index in [2.05, 4.69) is 28.2 Å². The van der Waals surface area contributed by atoms with Gasteiger partial charge in [0.05, 0.1) is 16.4 Å². The zero-order valence-corrected chi connectivity index (χ0v) is 12.9. The Labute approximate surface area is 121 Å². The Morgan fingerprint density at radius 2 is 2.21 bits per heavy atom. The van der Waals surface area contributed by atoms with Crippen molar-refractivity contribution >= 4 is 23.0 Å². The van der Waals surface area contributed by atoms with Crippen molar-refractivity contribution < 1.29 is 0 Å². The standard InChI is InChI=1S/C15H24ClN3/c1-18(2)15-13(16)7-4-8-14(15)17-10-12-6-5-9-19(3)11-12/h4,7-8,12,17H,5-6,9-11H2,1-3H3. The number of nitrogens with one attached hydrogen (secondary N) is 1. The van der Waals surface area contributed by atoms with E-state index in [0.29, 0.717) is 0 Å². The van der Waals surface area contributed by atoms with Crippen LogP contribution in [0.1, 0.15) is 12.8 Å². The summed E-state index contributed by atoms with van der Waals surface area (Å²) in [5.74, 6) is 0.729. The molecule has 106 valence electrons. The Morgan fingerprint density at radius 1 is 1.42 bits per heavy atom. The van der Waals surface area contributed by atoms with Crippen LogP contribution in [-0.2, 0) is 0 Å². The molecule has 1 aliphatic rings. The van der Waals surface area contributed by atoms with Gasteiger partial charge in [0, 0.05) is 27.2 Å². The fourth-order valence-corrected chi connectivity index (χ4v) is 3.15. The Morgan fingerprint density at radius 3 is 2.89 bits per heavy atom. The zero-order valence-electron chi connectivity index (χ0n) is 12.1. The van der Waals surface area contributed by atoms with Gasteiger partial charge in [-0.2, -0.15) is 0 Å². The Kier molecular flexibility index (Phi) is 4.94. The van der Waals surface area contributed by atoms with Gasteiger partial charge in [-0.25, -0.2) is 0 Å². The van der Waals surface area contributed by atoms with Crippen molar-refractivity contribution in [2.75, 3.05) is 51.0 Å². The second-order valence-corrected chi connectivity index (χ2v) is 6.09. The van der Waals surface area contributed by atoms with Crippen molar-refractivity contribution in [2.45, 2.75) is 12.8 Å². The number of likely N-dealkylation sites (tertiary alicyclic amines) is 1. The molecule has 0 spiro atoms. The number of rotatable bonds is 4. The van der Waals surface area contributed by atoms with Crippen LogP contribution in [0.15, 0.2) is 18.2 Å². The summed E-state index contributed by atoms with van der Waals surface area (Å²) in [4.78, 5) is 4.48. The fraction of sp³-hybridized carbons (Fsp3) is 0.600. The van der Waals surface area contributed by atoms with Crippen molar-refractivity contribution in [1.29, 1.82) is 0 Å². The van der Waals surface area contributed by atoms with Gasteiger partial charge in [0.1, 0.15) is 0 Å². The second kappa shape index (κ2) is 6.49. The SMILES string of the molecule is CN1CCCC(CNc2cccc(Cl)c2N(C)C)C1. The maximum atomic E-state index is 6.28. The third-order valence-electron chi connectivity index (χ3n) is 3.74. The molecule has 0 amide bonds. The number of para-hydroxylation sites is 1. The quantitative estimate of drug-likeness (QED) is 0.915. The van der Waals surface area contributed by atoms with Crippen molar-refractivity contribution in [1.82, 2.24) is 4.90 Å². The normalized spacial score (nSPS) is 20.3. The number of anilines is 2. The van der Waals surface area contributed by atoms with Gasteiger partial charge in [0.25, 0.3) is 0 Å². The maximum Gasteiger partial charge on any atom is 0.0786 e. The highest BCUT2D eigenvalue weighted by Gasteiger charge is 2.17. The molecule has 1 unspecified atom stereocenters. The van der Waals surface area contributed by atoms with E-state index in [1.807, 2.05) is 26.2 Å². The lowest BCUT2D eigenvalue weighted by Crippen LogP contribution is -2.35. The van der Waals surface area contributed by atoms with Crippen molar-refractivity contribution in [2.24, 2.45) is 5.92 Å². The Balaban J connectivity index is 2.01. The van der Waals surface area contributed by atoms with Crippen LogP contribution in [-0.4, -0.2) is 45.7 Å². The minimum absolute atomic E-state index is 0.729. The summed E-state index contributed by atoms with van der Waals surface area (Å²) in [5.41, 5.74) is 2.21. The van der Waals surface area contributed by atoms with E-state index < -0.39 is 0 Å². The molecule has 0 aromatic heterocycles. The average Bonchev–Trinajstić information content (AvgIpc) is 2.36. The molecule has 0 aliphatic carbocycles. The van der Waals surface area contributed by atoms with Gasteiger partial charge >= 0.3 is 0 Å². The summed E-state index contributed by atoms with van der Waals surface area (Å²) in [6.07, 6.45) is 2.62. The van der Waals surface area contributed by atoms with E-state index in [0.717, 1.165) is 28.9 Å². The van der Waals surface area contributed by atoms with Gasteiger partial charge in [-0.3, -0.25) is 0 Å². The van der Waals surface area contributed by atoms with Crippen molar-refractivity contribution in [3.05, 3.63) is 23.2 Å². The van der Waals surface area contributed by atoms with Crippen LogP contribution >= 0.6 is 11.6 Å². The number of hydrogen-bond acceptors (Lipinski definition) is 3. The first-order valence-corrected chi connectivity index (χ1v) is 7.34. The van der Waals surface area contributed by atoms with Crippen LogP contribution in [0.2, 0.25) is 5.02 Å². The minimum atomic E-state index is 0.729. The second-order valence-electron chi connectivity index (χ2n) is 5.68. The summed E-state index contributed by atoms with van der Waals surface area (Å²) in [6, 6.07) is 6.05. The molecule has 3 nitrogen and oxygen atoms in total. The topological polar surface area (TPSA) is 18.5 Å². The smallest absolute Gasteiger partial charge is 0.0786 e. The number of halogens is 1. The predicted octanol–water partition coefficient (Wildman–Crippen LogP) is 3.16. The van der Waals surface area contributed by atoms with Crippen LogP contribution in [0.3, 0.4) is 0 Å². The van der Waals surface area contributed by atoms with E-state index in [4.69, 9.17) is 11.6 Å². The summed E-state index contributed by atoms with van der Waals surface area (Å²) < 4.78 is 0. The van der Waals surface area contributed by atoms with Gasteiger partial charge in [0.15, 0.2) is 0 Å². The Bertz CT molecular complexity index is 420. The fourth-order valence-electron chi connectivity index (χ4n) is 2.81. The van der Waals surface area contributed by atoms with Crippen LogP contribution in [0, 0.1) is 5.92 Å². The number of hydrogen-bond donors (Lipinski definition) is 1. The van der Waals surface area contributed by atoms with E-state index in [1.165, 1.54) is 25.9 Å². The summed E-state index contributed by atoms with van der Waals surface area (Å²) >= 11 is 6.28. The molecule has 4 heteroatoms. The molecule has 1 aromatic carbocycles. The van der Waals surface area contributed by atoms with Gasteiger partial charge in [-0.1, -0.05) is 17.7 Å². The molecule has 1 aromatic rings. The third kappa shape index (κ3) is 3.77. The average molecular weight is 282 g/mol. The Hall–Kier alpha value is -0.930. The first-order valence-electron chi connectivity index (χ1n) is 6.96. The van der Waals surface area contributed by atoms with Crippen molar-refractivity contribution in [3.8, 4) is 0 Å². The molecule has 1 saturated heterocycles. The lowest BCUT2D eigenvalue weighted by molar-refractivity contribution is 0.217. The number of piperidine rings is 1. The van der Waals surface area contributed by atoms with Crippen LogP contribution in [0.4, 0.5) is 11.4 Å². The summed E-state index contributed by atoms with van der Waals surface area (Å²) in [7, 11) is 6.26. The monoisotopic (exact) mass is 281 g/mol. The molecule has 0 radical (unpaired) electrons. The van der Waals surface area contributed by atoms with Gasteiger partial charge in [-0.05, 0) is 44.5 Å². The molecular formula is C15H24ClN3. The lowest BCUT2D eigenvalue weighted by atomic mass is 9.98. The molecule has 1 heterocycles. The van der Waals surface area contributed by atoms with Gasteiger partial charge in [0.2, 0.25) is 0 Å². The van der Waals surface area contributed by atoms with E-state index in [-0.39, 0.29) is 0 Å². The molecule has 0 bridgehead atoms. The molecular weight excluding hydrogens is 258 g/mol. The third-order valence-corrected chi connectivity index (χ3v) is 4.04. The zero-order chi connectivity index (χ0) is 13.8. The first-order chi connectivity index (χ1) is 9.08. The van der Waals surface area contributed by atoms with E-state index in [1.54, 1.807) is 0 Å². The molecule has 1 fully saturated rings. The lowest BCUT2D eigenvalue weighted by Gasteiger charge is -2.30. The first kappa shape index (κ1) is 14.5. The molecule has 2 rings (SSSR count). The maximum absolute atomic E-state index is 6.28. The van der Waals surface area contributed by atoms with Crippen LogP contribution in [0.5, 0.6) is 0 Å². The van der Waals surface area contributed by atoms with Crippen LogP contribution < -0.4 is 10.2 Å². The van der Waals surface area contributed by atoms with Gasteiger partial charge in [-0.15, -0.1) is 0 Å². The highest BCUT2D eigenvalue weighted by atomic mass is 35.5. The van der Waals surface area contributed by atoms with E-state index in [9.17, 15) is 0 Å². The molecule has 1 N–H and O–H groups in total. The number of benzene rings is 1. The molecule has 0 saturated carbocycles. The van der Waals surface area contributed by atoms with Crippen molar-refractivity contribution in [3.63, 3.8) is 0 Å². The molecule has 1 atom stereocenters. The summed E-state index contributed by atoms with van der Waals surface area (Å²) in [5, 5.41) is 4.37. The minimum Gasteiger partial charge on any atom is -0.383 e. The predicted molar refractivity (Wildman–Crippen MR) is 84.5 cm³/mol. The summed E-state index contributed by atoms with van der Waals surface area (Å²) in [6.45, 7) is 3.44. The van der Waals surface area contributed by atoms with Gasteiger partial charge < -0.3 is 15.1 Å². The molecule has 1 aliphatic heterocycles. The molecule has 19 heavy (non-hydrogen) atoms.